The second-order valence-electron chi connectivity index (χ2n) is 5.13. The summed E-state index contributed by atoms with van der Waals surface area (Å²) in [6.45, 7) is -0.357. The Bertz CT molecular complexity index is 772. The van der Waals surface area contributed by atoms with Crippen molar-refractivity contribution in [2.75, 3.05) is 11.9 Å². The molecular weight excluding hydrogens is 332 g/mol. The summed E-state index contributed by atoms with van der Waals surface area (Å²) in [5.41, 5.74) is 1.62. The number of aryl methyl sites for hydroxylation is 1. The zero-order valence-electron chi connectivity index (χ0n) is 12.3. The number of amides is 1. The van der Waals surface area contributed by atoms with Gasteiger partial charge >= 0.3 is 5.97 Å². The third-order valence-electron chi connectivity index (χ3n) is 3.59. The van der Waals surface area contributed by atoms with Gasteiger partial charge in [0.15, 0.2) is 6.61 Å². The quantitative estimate of drug-likeness (QED) is 0.861. The maximum atomic E-state index is 12.0. The van der Waals surface area contributed by atoms with Gasteiger partial charge in [-0.3, -0.25) is 4.79 Å². The smallest absolute Gasteiger partial charge is 0.348 e. The summed E-state index contributed by atoms with van der Waals surface area (Å²) >= 11 is 2.72. The molecule has 0 aromatic carbocycles. The van der Waals surface area contributed by atoms with Crippen LogP contribution in [0.4, 0.5) is 5.00 Å². The van der Waals surface area contributed by atoms with Crippen molar-refractivity contribution in [2.45, 2.75) is 25.7 Å². The molecule has 23 heavy (non-hydrogen) atoms. The van der Waals surface area contributed by atoms with E-state index >= 15 is 0 Å². The van der Waals surface area contributed by atoms with Crippen LogP contribution in [0.15, 0.2) is 17.5 Å². The molecule has 7 heteroatoms. The fraction of sp³-hybridized carbons (Fsp3) is 0.312. The molecule has 0 atom stereocenters. The second-order valence-corrected chi connectivity index (χ2v) is 7.18. The van der Waals surface area contributed by atoms with E-state index < -0.39 is 11.9 Å². The molecule has 1 aliphatic carbocycles. The highest BCUT2D eigenvalue weighted by atomic mass is 32.1. The molecule has 0 aliphatic heterocycles. The van der Waals surface area contributed by atoms with Gasteiger partial charge in [-0.15, -0.1) is 22.7 Å². The lowest BCUT2D eigenvalue weighted by atomic mass is 9.96. The van der Waals surface area contributed by atoms with E-state index in [2.05, 4.69) is 11.4 Å². The monoisotopic (exact) mass is 346 g/mol. The first-order valence-corrected chi connectivity index (χ1v) is 8.93. The summed E-state index contributed by atoms with van der Waals surface area (Å²) in [4.78, 5) is 25.3. The number of carbonyl (C=O) groups is 2. The summed E-state index contributed by atoms with van der Waals surface area (Å²) in [7, 11) is 0. The first-order chi connectivity index (χ1) is 11.2. The first-order valence-electron chi connectivity index (χ1n) is 7.24. The Kier molecular flexibility index (Phi) is 4.74. The molecular formula is C16H14N2O3S2. The molecule has 0 unspecified atom stereocenters. The number of fused-ring (bicyclic) bond motifs is 1. The summed E-state index contributed by atoms with van der Waals surface area (Å²) in [5.74, 6) is -0.939. The average Bonchev–Trinajstić information content (AvgIpc) is 3.19. The van der Waals surface area contributed by atoms with E-state index in [0.717, 1.165) is 31.2 Å². The SMILES string of the molecule is N#Cc1c(NC(=O)COC(=O)c2cccs2)sc2c1CCCC2. The Balaban J connectivity index is 1.63. The van der Waals surface area contributed by atoms with E-state index in [0.29, 0.717) is 15.4 Å². The number of anilines is 1. The number of nitriles is 1. The van der Waals surface area contributed by atoms with Crippen molar-refractivity contribution in [1.29, 1.82) is 5.26 Å². The lowest BCUT2D eigenvalue weighted by Crippen LogP contribution is -2.20. The Morgan fingerprint density at radius 2 is 2.17 bits per heavy atom. The van der Waals surface area contributed by atoms with Crippen LogP contribution in [-0.2, 0) is 22.4 Å². The standard InChI is InChI=1S/C16H14N2O3S2/c17-8-11-10-4-1-2-5-12(10)23-15(11)18-14(19)9-21-16(20)13-6-3-7-22-13/h3,6-7H,1-2,4-5,9H2,(H,18,19). The van der Waals surface area contributed by atoms with Gasteiger partial charge in [0.1, 0.15) is 15.9 Å². The number of hydrogen-bond acceptors (Lipinski definition) is 6. The van der Waals surface area contributed by atoms with E-state index in [1.54, 1.807) is 17.5 Å². The molecule has 3 rings (SSSR count). The van der Waals surface area contributed by atoms with Gasteiger partial charge in [0.25, 0.3) is 5.91 Å². The maximum absolute atomic E-state index is 12.0. The predicted molar refractivity (Wildman–Crippen MR) is 88.9 cm³/mol. The van der Waals surface area contributed by atoms with Crippen LogP contribution in [0.1, 0.15) is 38.5 Å². The van der Waals surface area contributed by atoms with Gasteiger partial charge < -0.3 is 10.1 Å². The molecule has 0 radical (unpaired) electrons. The Morgan fingerprint density at radius 1 is 1.35 bits per heavy atom. The van der Waals surface area contributed by atoms with Gasteiger partial charge in [0.05, 0.1) is 5.56 Å². The molecule has 2 aromatic heterocycles. The predicted octanol–water partition coefficient (Wildman–Crippen LogP) is 3.36. The molecule has 0 saturated carbocycles. The second kappa shape index (κ2) is 6.94. The van der Waals surface area contributed by atoms with Gasteiger partial charge in [-0.05, 0) is 42.7 Å². The van der Waals surface area contributed by atoms with Gasteiger partial charge in [-0.25, -0.2) is 4.79 Å². The fourth-order valence-electron chi connectivity index (χ4n) is 2.53. The van der Waals surface area contributed by atoms with E-state index in [9.17, 15) is 14.9 Å². The number of carbonyl (C=O) groups excluding carboxylic acids is 2. The number of ether oxygens (including phenoxy) is 1. The van der Waals surface area contributed by atoms with Gasteiger partial charge in [-0.2, -0.15) is 5.26 Å². The Hall–Kier alpha value is -2.17. The summed E-state index contributed by atoms with van der Waals surface area (Å²) in [5, 5.41) is 14.4. The molecule has 1 amide bonds. The lowest BCUT2D eigenvalue weighted by molar-refractivity contribution is -0.119. The largest absolute Gasteiger partial charge is 0.451 e. The van der Waals surface area contributed by atoms with Crippen LogP contribution in [0.3, 0.4) is 0 Å². The Morgan fingerprint density at radius 3 is 2.91 bits per heavy atom. The highest BCUT2D eigenvalue weighted by Crippen LogP contribution is 2.37. The van der Waals surface area contributed by atoms with Crippen LogP contribution < -0.4 is 5.32 Å². The number of esters is 1. The van der Waals surface area contributed by atoms with Crippen molar-refractivity contribution in [2.24, 2.45) is 0 Å². The molecule has 0 saturated heterocycles. The first kappa shape index (κ1) is 15.7. The normalized spacial score (nSPS) is 13.0. The van der Waals surface area contributed by atoms with Gasteiger partial charge in [-0.1, -0.05) is 6.07 Å². The van der Waals surface area contributed by atoms with Gasteiger partial charge in [0, 0.05) is 4.88 Å². The van der Waals surface area contributed by atoms with E-state index in [1.165, 1.54) is 27.6 Å². The van der Waals surface area contributed by atoms with E-state index in [4.69, 9.17) is 4.74 Å². The number of nitrogens with zero attached hydrogens (tertiary/aromatic N) is 1. The molecule has 0 fully saturated rings. The average molecular weight is 346 g/mol. The fourth-order valence-corrected chi connectivity index (χ4v) is 4.40. The zero-order chi connectivity index (χ0) is 16.2. The molecule has 2 aromatic rings. The van der Waals surface area contributed by atoms with Crippen LogP contribution in [0.25, 0.3) is 0 Å². The highest BCUT2D eigenvalue weighted by Gasteiger charge is 2.22. The van der Waals surface area contributed by atoms with E-state index in [-0.39, 0.29) is 6.61 Å². The summed E-state index contributed by atoms with van der Waals surface area (Å²) in [6, 6.07) is 5.58. The molecule has 1 aliphatic rings. The number of hydrogen-bond donors (Lipinski definition) is 1. The zero-order valence-corrected chi connectivity index (χ0v) is 13.9. The highest BCUT2D eigenvalue weighted by molar-refractivity contribution is 7.16. The number of nitrogens with one attached hydrogen (secondary N) is 1. The minimum atomic E-state index is -0.513. The molecule has 1 N–H and O–H groups in total. The molecule has 0 spiro atoms. The van der Waals surface area contributed by atoms with Crippen LogP contribution >= 0.6 is 22.7 Å². The molecule has 0 bridgehead atoms. The Labute approximate surface area is 141 Å². The number of rotatable bonds is 4. The van der Waals surface area contributed by atoms with Crippen LogP contribution in [0, 0.1) is 11.3 Å². The lowest BCUT2D eigenvalue weighted by Gasteiger charge is -2.09. The molecule has 2 heterocycles. The van der Waals surface area contributed by atoms with Crippen molar-refractivity contribution in [3.05, 3.63) is 38.4 Å². The topological polar surface area (TPSA) is 79.2 Å². The van der Waals surface area contributed by atoms with Crippen LogP contribution in [0.2, 0.25) is 0 Å². The third-order valence-corrected chi connectivity index (χ3v) is 5.65. The van der Waals surface area contributed by atoms with Crippen LogP contribution in [0.5, 0.6) is 0 Å². The molecule has 118 valence electrons. The minimum absolute atomic E-state index is 0.357. The maximum Gasteiger partial charge on any atom is 0.348 e. The minimum Gasteiger partial charge on any atom is -0.451 e. The van der Waals surface area contributed by atoms with Crippen molar-refractivity contribution in [3.8, 4) is 6.07 Å². The van der Waals surface area contributed by atoms with Crippen molar-refractivity contribution >= 4 is 39.6 Å². The van der Waals surface area contributed by atoms with Crippen molar-refractivity contribution in [3.63, 3.8) is 0 Å². The molecule has 5 nitrogen and oxygen atoms in total. The van der Waals surface area contributed by atoms with Gasteiger partial charge in [0.2, 0.25) is 0 Å². The summed E-state index contributed by atoms with van der Waals surface area (Å²) in [6.07, 6.45) is 4.03. The third kappa shape index (κ3) is 3.44. The summed E-state index contributed by atoms with van der Waals surface area (Å²) < 4.78 is 4.98. The van der Waals surface area contributed by atoms with Crippen LogP contribution in [-0.4, -0.2) is 18.5 Å². The van der Waals surface area contributed by atoms with Crippen molar-refractivity contribution in [1.82, 2.24) is 0 Å². The van der Waals surface area contributed by atoms with E-state index in [1.807, 2.05) is 0 Å². The van der Waals surface area contributed by atoms with Crippen molar-refractivity contribution < 1.29 is 14.3 Å². The number of thiophene rings is 2.